The van der Waals surface area contributed by atoms with Crippen molar-refractivity contribution in [1.82, 2.24) is 0 Å². The van der Waals surface area contributed by atoms with Gasteiger partial charge in [-0.1, -0.05) is 26.0 Å². The molecule has 0 radical (unpaired) electrons. The average molecular weight is 222 g/mol. The number of carbonyl (C=O) groups excluding carboxylic acids is 2. The van der Waals surface area contributed by atoms with Crippen molar-refractivity contribution < 1.29 is 19.1 Å². The van der Waals surface area contributed by atoms with Gasteiger partial charge in [0.25, 0.3) is 6.47 Å². The molecule has 86 valence electrons. The van der Waals surface area contributed by atoms with Gasteiger partial charge in [0.2, 0.25) is 0 Å². The van der Waals surface area contributed by atoms with Gasteiger partial charge < -0.3 is 9.47 Å². The lowest BCUT2D eigenvalue weighted by Crippen LogP contribution is -2.16. The van der Waals surface area contributed by atoms with Crippen LogP contribution < -0.4 is 9.47 Å². The van der Waals surface area contributed by atoms with Crippen molar-refractivity contribution in [2.45, 2.75) is 20.8 Å². The van der Waals surface area contributed by atoms with E-state index in [9.17, 15) is 9.59 Å². The summed E-state index contributed by atoms with van der Waals surface area (Å²) in [6.45, 7) is 5.56. The van der Waals surface area contributed by atoms with Gasteiger partial charge in [-0.3, -0.25) is 9.59 Å². The third-order valence-corrected chi connectivity index (χ3v) is 2.02. The summed E-state index contributed by atoms with van der Waals surface area (Å²) in [5.41, 5.74) is 0.744. The number of rotatable bonds is 4. The van der Waals surface area contributed by atoms with Crippen LogP contribution in [0.4, 0.5) is 0 Å². The van der Waals surface area contributed by atoms with Gasteiger partial charge in [-0.25, -0.2) is 0 Å². The van der Waals surface area contributed by atoms with Crippen LogP contribution in [-0.4, -0.2) is 12.4 Å². The van der Waals surface area contributed by atoms with E-state index in [0.29, 0.717) is 12.2 Å². The topological polar surface area (TPSA) is 52.6 Å². The zero-order chi connectivity index (χ0) is 12.1. The third-order valence-electron chi connectivity index (χ3n) is 2.02. The van der Waals surface area contributed by atoms with E-state index in [4.69, 9.17) is 9.47 Å². The second-order valence-electron chi connectivity index (χ2n) is 3.69. The Morgan fingerprint density at radius 2 is 2.06 bits per heavy atom. The highest BCUT2D eigenvalue weighted by Gasteiger charge is 2.15. The first-order chi connectivity index (χ1) is 7.56. The second-order valence-corrected chi connectivity index (χ2v) is 3.69. The minimum Gasteiger partial charge on any atom is -0.425 e. The number of ether oxygens (including phenoxy) is 2. The van der Waals surface area contributed by atoms with Crippen LogP contribution in [0, 0.1) is 12.8 Å². The van der Waals surface area contributed by atoms with Crippen LogP contribution in [0.15, 0.2) is 18.2 Å². The van der Waals surface area contributed by atoms with Crippen molar-refractivity contribution in [3.63, 3.8) is 0 Å². The number of aryl methyl sites for hydroxylation is 1. The molecule has 0 fully saturated rings. The van der Waals surface area contributed by atoms with Crippen molar-refractivity contribution in [2.75, 3.05) is 0 Å². The van der Waals surface area contributed by atoms with Crippen LogP contribution in [0.1, 0.15) is 19.4 Å². The summed E-state index contributed by atoms with van der Waals surface area (Å²) in [6, 6.07) is 5.08. The van der Waals surface area contributed by atoms with Gasteiger partial charge in [0.15, 0.2) is 11.5 Å². The largest absolute Gasteiger partial charge is 0.425 e. The lowest BCUT2D eigenvalue weighted by Gasteiger charge is -2.12. The van der Waals surface area contributed by atoms with E-state index >= 15 is 0 Å². The van der Waals surface area contributed by atoms with Crippen LogP contribution in [0.5, 0.6) is 11.5 Å². The molecule has 4 heteroatoms. The highest BCUT2D eigenvalue weighted by atomic mass is 16.6. The van der Waals surface area contributed by atoms with E-state index in [2.05, 4.69) is 0 Å². The van der Waals surface area contributed by atoms with Gasteiger partial charge in [-0.2, -0.15) is 0 Å². The summed E-state index contributed by atoms with van der Waals surface area (Å²) >= 11 is 0. The van der Waals surface area contributed by atoms with Crippen LogP contribution >= 0.6 is 0 Å². The molecular formula is C12H14O4. The summed E-state index contributed by atoms with van der Waals surface area (Å²) in [4.78, 5) is 21.7. The van der Waals surface area contributed by atoms with Gasteiger partial charge in [0, 0.05) is 0 Å². The Hall–Kier alpha value is -1.84. The lowest BCUT2D eigenvalue weighted by atomic mass is 10.2. The van der Waals surface area contributed by atoms with Crippen LogP contribution in [0.3, 0.4) is 0 Å². The molecule has 1 aromatic carbocycles. The molecule has 0 saturated carbocycles. The fraction of sp³-hybridized carbons (Fsp3) is 0.333. The molecule has 0 amide bonds. The molecule has 0 unspecified atom stereocenters. The quantitative estimate of drug-likeness (QED) is 0.444. The molecule has 0 bridgehead atoms. The maximum atomic E-state index is 11.5. The lowest BCUT2D eigenvalue weighted by molar-refractivity contribution is -0.138. The standard InChI is InChI=1S/C12H14O4/c1-8(2)12(14)16-11-9(3)5-4-6-10(11)15-7-13/h4-8H,1-3H3. The van der Waals surface area contributed by atoms with Crippen molar-refractivity contribution in [1.29, 1.82) is 0 Å². The first kappa shape index (κ1) is 12.2. The molecule has 16 heavy (non-hydrogen) atoms. The fourth-order valence-corrected chi connectivity index (χ4v) is 1.12. The molecule has 0 aliphatic carbocycles. The number of hydrogen-bond donors (Lipinski definition) is 0. The van der Waals surface area contributed by atoms with Crippen molar-refractivity contribution in [3.8, 4) is 11.5 Å². The number of carbonyl (C=O) groups is 2. The maximum absolute atomic E-state index is 11.5. The van der Waals surface area contributed by atoms with Crippen LogP contribution in [0.25, 0.3) is 0 Å². The van der Waals surface area contributed by atoms with Crippen LogP contribution in [0.2, 0.25) is 0 Å². The van der Waals surface area contributed by atoms with Crippen molar-refractivity contribution in [3.05, 3.63) is 23.8 Å². The van der Waals surface area contributed by atoms with E-state index in [1.54, 1.807) is 39.0 Å². The fourth-order valence-electron chi connectivity index (χ4n) is 1.12. The number of para-hydroxylation sites is 1. The van der Waals surface area contributed by atoms with Crippen LogP contribution in [-0.2, 0) is 9.59 Å². The van der Waals surface area contributed by atoms with Gasteiger partial charge >= 0.3 is 5.97 Å². The second kappa shape index (κ2) is 5.30. The Morgan fingerprint density at radius 1 is 1.38 bits per heavy atom. The monoisotopic (exact) mass is 222 g/mol. The van der Waals surface area contributed by atoms with Gasteiger partial charge in [-0.15, -0.1) is 0 Å². The summed E-state index contributed by atoms with van der Waals surface area (Å²) < 4.78 is 9.91. The summed E-state index contributed by atoms with van der Waals surface area (Å²) in [6.07, 6.45) is 0. The van der Waals surface area contributed by atoms with Gasteiger partial charge in [0.05, 0.1) is 5.92 Å². The Morgan fingerprint density at radius 3 is 2.62 bits per heavy atom. The van der Waals surface area contributed by atoms with E-state index in [-0.39, 0.29) is 17.6 Å². The molecule has 0 aliphatic heterocycles. The zero-order valence-corrected chi connectivity index (χ0v) is 9.52. The number of benzene rings is 1. The summed E-state index contributed by atoms with van der Waals surface area (Å²) in [5, 5.41) is 0. The molecule has 0 N–H and O–H groups in total. The van der Waals surface area contributed by atoms with E-state index in [0.717, 1.165) is 5.56 Å². The summed E-state index contributed by atoms with van der Waals surface area (Å²) in [5.74, 6) is -0.0361. The predicted molar refractivity (Wildman–Crippen MR) is 58.3 cm³/mol. The zero-order valence-electron chi connectivity index (χ0n) is 9.52. The Balaban J connectivity index is 3.00. The van der Waals surface area contributed by atoms with E-state index < -0.39 is 0 Å². The van der Waals surface area contributed by atoms with E-state index in [1.165, 1.54) is 0 Å². The molecule has 0 saturated heterocycles. The molecule has 0 spiro atoms. The van der Waals surface area contributed by atoms with Gasteiger partial charge in [-0.05, 0) is 18.6 Å². The Labute approximate surface area is 94.2 Å². The van der Waals surface area contributed by atoms with Crippen molar-refractivity contribution >= 4 is 12.4 Å². The Kier molecular flexibility index (Phi) is 4.05. The predicted octanol–water partition coefficient (Wildman–Crippen LogP) is 2.09. The minimum atomic E-state index is -0.356. The average Bonchev–Trinajstić information content (AvgIpc) is 2.23. The normalized spacial score (nSPS) is 10.0. The van der Waals surface area contributed by atoms with Gasteiger partial charge in [0.1, 0.15) is 0 Å². The SMILES string of the molecule is Cc1cccc(OC=O)c1OC(=O)C(C)C. The van der Waals surface area contributed by atoms with Crippen molar-refractivity contribution in [2.24, 2.45) is 5.92 Å². The molecule has 1 aromatic rings. The highest BCUT2D eigenvalue weighted by Crippen LogP contribution is 2.30. The summed E-state index contributed by atoms with van der Waals surface area (Å²) in [7, 11) is 0. The van der Waals surface area contributed by atoms with E-state index in [1.807, 2.05) is 0 Å². The Bertz CT molecular complexity index is 396. The molecule has 1 rings (SSSR count). The first-order valence-electron chi connectivity index (χ1n) is 4.98. The molecule has 0 aromatic heterocycles. The molecule has 0 atom stereocenters. The molecule has 0 aliphatic rings. The minimum absolute atomic E-state index is 0.233. The first-order valence-corrected chi connectivity index (χ1v) is 4.98. The molecule has 4 nitrogen and oxygen atoms in total. The maximum Gasteiger partial charge on any atom is 0.313 e. The molecular weight excluding hydrogens is 208 g/mol. The third kappa shape index (κ3) is 2.82. The number of esters is 1. The smallest absolute Gasteiger partial charge is 0.313 e. The highest BCUT2D eigenvalue weighted by molar-refractivity contribution is 5.76. The number of hydrogen-bond acceptors (Lipinski definition) is 4. The molecule has 0 heterocycles.